The maximum Gasteiger partial charge on any atom is 0.270 e. The second kappa shape index (κ2) is 9.34. The van der Waals surface area contributed by atoms with Gasteiger partial charge in [-0.15, -0.1) is 0 Å². The Hall–Kier alpha value is -2.19. The van der Waals surface area contributed by atoms with Crippen molar-refractivity contribution >= 4 is 34.8 Å². The monoisotopic (exact) mass is 423 g/mol. The van der Waals surface area contributed by atoms with Crippen LogP contribution in [0.25, 0.3) is 0 Å². The Bertz CT molecular complexity index is 855. The molecule has 1 fully saturated rings. The van der Waals surface area contributed by atoms with Gasteiger partial charge in [-0.25, -0.2) is 0 Å². The van der Waals surface area contributed by atoms with E-state index in [9.17, 15) is 14.9 Å². The summed E-state index contributed by atoms with van der Waals surface area (Å²) in [6.45, 7) is 3.12. The molecule has 0 spiro atoms. The molecule has 3 rings (SSSR count). The highest BCUT2D eigenvalue weighted by atomic mass is 35.5. The molecule has 2 aromatic rings. The quantitative estimate of drug-likeness (QED) is 0.565. The summed E-state index contributed by atoms with van der Waals surface area (Å²) in [5.74, 6) is -0.382. The van der Waals surface area contributed by atoms with Crippen LogP contribution in [0.2, 0.25) is 10.0 Å². The van der Waals surface area contributed by atoms with Crippen molar-refractivity contribution in [2.75, 3.05) is 32.8 Å². The number of amides is 1. The van der Waals surface area contributed by atoms with Gasteiger partial charge in [0.05, 0.1) is 34.8 Å². The summed E-state index contributed by atoms with van der Waals surface area (Å²) in [4.78, 5) is 25.1. The van der Waals surface area contributed by atoms with Gasteiger partial charge >= 0.3 is 0 Å². The maximum absolute atomic E-state index is 12.6. The SMILES string of the molecule is O=C(NCC(c1ccc(Cl)cc1)N1CCOCC1)c1ccc([N+](=O)[O-])cc1Cl. The summed E-state index contributed by atoms with van der Waals surface area (Å²) in [6.07, 6.45) is 0. The molecule has 1 saturated heterocycles. The number of benzene rings is 2. The van der Waals surface area contributed by atoms with E-state index in [2.05, 4.69) is 10.2 Å². The number of nitrogens with one attached hydrogen (secondary N) is 1. The van der Waals surface area contributed by atoms with Crippen LogP contribution < -0.4 is 5.32 Å². The number of ether oxygens (including phenoxy) is 1. The van der Waals surface area contributed by atoms with Gasteiger partial charge in [0.25, 0.3) is 11.6 Å². The van der Waals surface area contributed by atoms with E-state index in [0.717, 1.165) is 18.7 Å². The van der Waals surface area contributed by atoms with E-state index >= 15 is 0 Å². The Morgan fingerprint density at radius 1 is 1.18 bits per heavy atom. The number of carbonyl (C=O) groups excluding carboxylic acids is 1. The lowest BCUT2D eigenvalue weighted by molar-refractivity contribution is -0.384. The van der Waals surface area contributed by atoms with Crippen LogP contribution in [0.15, 0.2) is 42.5 Å². The molecule has 0 aromatic heterocycles. The van der Waals surface area contributed by atoms with Gasteiger partial charge in [0.1, 0.15) is 0 Å². The first-order chi connectivity index (χ1) is 13.5. The van der Waals surface area contributed by atoms with Crippen LogP contribution in [-0.2, 0) is 4.74 Å². The van der Waals surface area contributed by atoms with E-state index in [1.807, 2.05) is 24.3 Å². The van der Waals surface area contributed by atoms with Gasteiger partial charge in [0.15, 0.2) is 0 Å². The highest BCUT2D eigenvalue weighted by Gasteiger charge is 2.24. The zero-order valence-electron chi connectivity index (χ0n) is 14.9. The molecule has 28 heavy (non-hydrogen) atoms. The van der Waals surface area contributed by atoms with E-state index in [4.69, 9.17) is 27.9 Å². The third kappa shape index (κ3) is 4.99. The molecule has 1 atom stereocenters. The van der Waals surface area contributed by atoms with Gasteiger partial charge in [-0.1, -0.05) is 35.3 Å². The third-order valence-electron chi connectivity index (χ3n) is 4.61. The van der Waals surface area contributed by atoms with Crippen LogP contribution in [0.4, 0.5) is 5.69 Å². The van der Waals surface area contributed by atoms with Crippen LogP contribution in [0.3, 0.4) is 0 Å². The normalized spacial score (nSPS) is 15.8. The average Bonchev–Trinajstić information content (AvgIpc) is 2.70. The number of hydrogen-bond donors (Lipinski definition) is 1. The molecule has 7 nitrogen and oxygen atoms in total. The number of non-ortho nitro benzene ring substituents is 1. The maximum atomic E-state index is 12.6. The second-order valence-corrected chi connectivity index (χ2v) is 7.19. The van der Waals surface area contributed by atoms with Gasteiger partial charge < -0.3 is 10.1 Å². The summed E-state index contributed by atoms with van der Waals surface area (Å²) in [5, 5.41) is 14.4. The Kier molecular flexibility index (Phi) is 6.85. The highest BCUT2D eigenvalue weighted by Crippen LogP contribution is 2.25. The molecule has 148 valence electrons. The fourth-order valence-corrected chi connectivity index (χ4v) is 3.50. The van der Waals surface area contributed by atoms with Crippen molar-refractivity contribution in [1.29, 1.82) is 0 Å². The fraction of sp³-hybridized carbons (Fsp3) is 0.316. The topological polar surface area (TPSA) is 84.7 Å². The minimum absolute atomic E-state index is 0.0427. The van der Waals surface area contributed by atoms with Crippen LogP contribution in [-0.4, -0.2) is 48.6 Å². The minimum atomic E-state index is -0.553. The summed E-state index contributed by atoms with van der Waals surface area (Å²) < 4.78 is 5.42. The standard InChI is InChI=1S/C19H19Cl2N3O4/c20-14-3-1-13(2-4-14)18(23-7-9-28-10-8-23)12-22-19(25)16-6-5-15(24(26)27)11-17(16)21/h1-6,11,18H,7-10,12H2,(H,22,25). The number of nitro benzene ring substituents is 1. The van der Waals surface area contributed by atoms with Crippen LogP contribution in [0.5, 0.6) is 0 Å². The Balaban J connectivity index is 1.74. The number of nitro groups is 1. The molecule has 0 radical (unpaired) electrons. The number of rotatable bonds is 6. The molecule has 0 saturated carbocycles. The summed E-state index contributed by atoms with van der Waals surface area (Å²) in [6, 6.07) is 11.3. The van der Waals surface area contributed by atoms with Gasteiger partial charge in [0, 0.05) is 36.8 Å². The van der Waals surface area contributed by atoms with Crippen LogP contribution >= 0.6 is 23.2 Å². The largest absolute Gasteiger partial charge is 0.379 e. The summed E-state index contributed by atoms with van der Waals surface area (Å²) in [7, 11) is 0. The van der Waals surface area contributed by atoms with Gasteiger partial charge in [-0.05, 0) is 23.8 Å². The molecule has 1 unspecified atom stereocenters. The van der Waals surface area contributed by atoms with Gasteiger partial charge in [-0.3, -0.25) is 19.8 Å². The predicted octanol–water partition coefficient (Wildman–Crippen LogP) is 3.70. The van der Waals surface area contributed by atoms with Gasteiger partial charge in [0.2, 0.25) is 0 Å². The Morgan fingerprint density at radius 2 is 1.86 bits per heavy atom. The number of halogens is 2. The van der Waals surface area contributed by atoms with Crippen LogP contribution in [0, 0.1) is 10.1 Å². The molecule has 9 heteroatoms. The van der Waals surface area contributed by atoms with Crippen molar-refractivity contribution in [3.8, 4) is 0 Å². The molecule has 1 amide bonds. The zero-order valence-corrected chi connectivity index (χ0v) is 16.4. The van der Waals surface area contributed by atoms with E-state index in [-0.39, 0.29) is 28.2 Å². The summed E-state index contributed by atoms with van der Waals surface area (Å²) >= 11 is 12.1. The molecule has 0 aliphatic carbocycles. The van der Waals surface area contributed by atoms with Crippen molar-refractivity contribution in [2.45, 2.75) is 6.04 Å². The van der Waals surface area contributed by atoms with E-state index < -0.39 is 4.92 Å². The lowest BCUT2D eigenvalue weighted by atomic mass is 10.0. The molecule has 2 aromatic carbocycles. The minimum Gasteiger partial charge on any atom is -0.379 e. The molecular weight excluding hydrogens is 405 g/mol. The first kappa shape index (κ1) is 20.5. The number of carbonyl (C=O) groups is 1. The Labute approximate surface area is 172 Å². The molecule has 1 aliphatic heterocycles. The first-order valence-corrected chi connectivity index (χ1v) is 9.50. The molecule has 1 N–H and O–H groups in total. The molecule has 1 aliphatic rings. The van der Waals surface area contributed by atoms with Crippen LogP contribution in [0.1, 0.15) is 22.0 Å². The third-order valence-corrected chi connectivity index (χ3v) is 5.17. The van der Waals surface area contributed by atoms with E-state index in [1.165, 1.54) is 18.2 Å². The highest BCUT2D eigenvalue weighted by molar-refractivity contribution is 6.34. The average molecular weight is 424 g/mol. The smallest absolute Gasteiger partial charge is 0.270 e. The van der Waals surface area contributed by atoms with Crippen molar-refractivity contribution in [3.63, 3.8) is 0 Å². The van der Waals surface area contributed by atoms with Crippen molar-refractivity contribution in [3.05, 3.63) is 73.8 Å². The summed E-state index contributed by atoms with van der Waals surface area (Å²) in [5.41, 5.74) is 1.07. The van der Waals surface area contributed by atoms with E-state index in [1.54, 1.807) is 0 Å². The van der Waals surface area contributed by atoms with Crippen molar-refractivity contribution in [2.24, 2.45) is 0 Å². The number of morpholine rings is 1. The fourth-order valence-electron chi connectivity index (χ4n) is 3.12. The predicted molar refractivity (Wildman–Crippen MR) is 107 cm³/mol. The number of nitrogens with zero attached hydrogens (tertiary/aromatic N) is 2. The molecule has 0 bridgehead atoms. The van der Waals surface area contributed by atoms with Crippen molar-refractivity contribution in [1.82, 2.24) is 10.2 Å². The first-order valence-electron chi connectivity index (χ1n) is 8.75. The lowest BCUT2D eigenvalue weighted by Crippen LogP contribution is -2.43. The zero-order chi connectivity index (χ0) is 20.1. The Morgan fingerprint density at radius 3 is 2.46 bits per heavy atom. The number of hydrogen-bond acceptors (Lipinski definition) is 5. The lowest BCUT2D eigenvalue weighted by Gasteiger charge is -2.35. The van der Waals surface area contributed by atoms with E-state index in [0.29, 0.717) is 24.8 Å². The molecule has 1 heterocycles. The molecular formula is C19H19Cl2N3O4. The van der Waals surface area contributed by atoms with Gasteiger partial charge in [-0.2, -0.15) is 0 Å². The van der Waals surface area contributed by atoms with Crippen molar-refractivity contribution < 1.29 is 14.5 Å². The second-order valence-electron chi connectivity index (χ2n) is 6.35.